The minimum absolute atomic E-state index is 0.0612. The van der Waals surface area contributed by atoms with E-state index in [4.69, 9.17) is 16.3 Å². The highest BCUT2D eigenvalue weighted by Gasteiger charge is 2.67. The summed E-state index contributed by atoms with van der Waals surface area (Å²) < 4.78 is 19.7. The van der Waals surface area contributed by atoms with Crippen molar-refractivity contribution < 1.29 is 33.4 Å². The summed E-state index contributed by atoms with van der Waals surface area (Å²) >= 11 is 6.03. The first-order valence-corrected chi connectivity index (χ1v) is 14.3. The lowest BCUT2D eigenvalue weighted by Gasteiger charge is -2.49. The van der Waals surface area contributed by atoms with Crippen LogP contribution >= 0.6 is 11.6 Å². The zero-order valence-corrected chi connectivity index (χ0v) is 23.7. The van der Waals surface area contributed by atoms with Crippen LogP contribution in [-0.2, 0) is 19.2 Å². The molecular weight excluding hydrogens is 551 g/mol. The van der Waals surface area contributed by atoms with E-state index < -0.39 is 52.6 Å². The Bertz CT molecular complexity index is 1540. The highest BCUT2D eigenvalue weighted by molar-refractivity contribution is 6.31. The number of ether oxygens (including phenoxy) is 1. The molecule has 2 aromatic carbocycles. The monoisotopic (exact) mass is 580 g/mol. The van der Waals surface area contributed by atoms with E-state index in [2.05, 4.69) is 0 Å². The van der Waals surface area contributed by atoms with E-state index in [1.54, 1.807) is 32.9 Å². The third-order valence-corrected chi connectivity index (χ3v) is 9.75. The fourth-order valence-corrected chi connectivity index (χ4v) is 7.80. The van der Waals surface area contributed by atoms with Gasteiger partial charge in [0.1, 0.15) is 5.82 Å². The number of anilines is 1. The Balaban J connectivity index is 1.53. The van der Waals surface area contributed by atoms with Crippen LogP contribution in [0.15, 0.2) is 48.0 Å². The number of rotatable bonds is 5. The van der Waals surface area contributed by atoms with Gasteiger partial charge in [0.25, 0.3) is 0 Å². The zero-order valence-electron chi connectivity index (χ0n) is 22.9. The number of amides is 4. The summed E-state index contributed by atoms with van der Waals surface area (Å²) in [6.07, 6.45) is 2.53. The van der Waals surface area contributed by atoms with Crippen molar-refractivity contribution in [3.05, 3.63) is 64.5 Å². The molecule has 2 heterocycles. The van der Waals surface area contributed by atoms with Gasteiger partial charge in [-0.15, -0.1) is 0 Å². The first-order chi connectivity index (χ1) is 19.5. The number of hydrogen-bond acceptors (Lipinski definition) is 6. The highest BCUT2D eigenvalue weighted by atomic mass is 35.5. The third kappa shape index (κ3) is 3.77. The van der Waals surface area contributed by atoms with Gasteiger partial charge >= 0.3 is 0 Å². The quantitative estimate of drug-likeness (QED) is 0.401. The molecule has 0 aromatic heterocycles. The molecule has 2 aliphatic heterocycles. The lowest BCUT2D eigenvalue weighted by atomic mass is 9.51. The number of hydrogen-bond donors (Lipinski definition) is 1. The molecule has 4 aliphatic rings. The number of allylic oxidation sites excluding steroid dienone is 2. The first kappa shape index (κ1) is 27.4. The minimum Gasteiger partial charge on any atom is -0.504 e. The molecule has 214 valence electrons. The maximum absolute atomic E-state index is 14.4. The second-order valence-corrected chi connectivity index (χ2v) is 11.7. The van der Waals surface area contributed by atoms with Crippen molar-refractivity contribution in [2.45, 2.75) is 39.5 Å². The predicted octanol–water partition coefficient (Wildman–Crippen LogP) is 4.83. The van der Waals surface area contributed by atoms with Gasteiger partial charge < -0.3 is 9.84 Å². The van der Waals surface area contributed by atoms with Crippen LogP contribution in [0, 0.1) is 34.9 Å². The Labute approximate surface area is 241 Å². The first-order valence-electron chi connectivity index (χ1n) is 13.9. The number of carbonyl (C=O) groups excluding carboxylic acids is 4. The van der Waals surface area contributed by atoms with Gasteiger partial charge in [-0.2, -0.15) is 0 Å². The Morgan fingerprint density at radius 1 is 1.05 bits per heavy atom. The van der Waals surface area contributed by atoms with Crippen LogP contribution in [0.25, 0.3) is 0 Å². The number of aromatic hydroxyl groups is 1. The molecule has 0 bridgehead atoms. The van der Waals surface area contributed by atoms with Gasteiger partial charge in [-0.1, -0.05) is 29.3 Å². The average molecular weight is 581 g/mol. The summed E-state index contributed by atoms with van der Waals surface area (Å²) in [6.45, 7) is 5.87. The van der Waals surface area contributed by atoms with Crippen molar-refractivity contribution in [3.63, 3.8) is 0 Å². The summed E-state index contributed by atoms with van der Waals surface area (Å²) in [5.74, 6) is -4.93. The molecule has 10 heteroatoms. The van der Waals surface area contributed by atoms with Crippen LogP contribution in [0.1, 0.15) is 45.1 Å². The molecule has 2 aromatic rings. The van der Waals surface area contributed by atoms with Crippen molar-refractivity contribution in [2.24, 2.45) is 29.1 Å². The number of fused-ring (bicyclic) bond motifs is 4. The molecule has 6 rings (SSSR count). The second kappa shape index (κ2) is 9.69. The van der Waals surface area contributed by atoms with Gasteiger partial charge in [0.05, 0.1) is 40.5 Å². The van der Waals surface area contributed by atoms with Crippen LogP contribution < -0.4 is 9.64 Å². The molecule has 0 spiro atoms. The summed E-state index contributed by atoms with van der Waals surface area (Å²) in [5.41, 5.74) is 0.374. The smallest absolute Gasteiger partial charge is 0.241 e. The SMILES string of the molecule is CCOc1cc(C2C3=CCC4C(=O)N(CC)C(=O)C4C3CC3C(=O)N(c4ccc(F)c(Cl)c4)C(=O)C32C)ccc1O. The van der Waals surface area contributed by atoms with Crippen LogP contribution in [0.5, 0.6) is 11.5 Å². The third-order valence-electron chi connectivity index (χ3n) is 9.46. The van der Waals surface area contributed by atoms with Gasteiger partial charge in [-0.3, -0.25) is 24.1 Å². The van der Waals surface area contributed by atoms with Crippen molar-refractivity contribution >= 4 is 40.9 Å². The fourth-order valence-electron chi connectivity index (χ4n) is 7.62. The Morgan fingerprint density at radius 2 is 1.80 bits per heavy atom. The van der Waals surface area contributed by atoms with E-state index >= 15 is 0 Å². The molecule has 8 nitrogen and oxygen atoms in total. The van der Waals surface area contributed by atoms with E-state index in [9.17, 15) is 28.7 Å². The molecule has 4 amide bonds. The molecule has 41 heavy (non-hydrogen) atoms. The lowest BCUT2D eigenvalue weighted by molar-refractivity contribution is -0.140. The minimum atomic E-state index is -1.27. The average Bonchev–Trinajstić information content (AvgIpc) is 3.31. The van der Waals surface area contributed by atoms with Gasteiger partial charge in [0, 0.05) is 12.5 Å². The zero-order chi connectivity index (χ0) is 29.4. The number of imide groups is 2. The molecule has 1 saturated carbocycles. The second-order valence-electron chi connectivity index (χ2n) is 11.3. The molecule has 3 fully saturated rings. The summed E-state index contributed by atoms with van der Waals surface area (Å²) in [5, 5.41) is 10.2. The lowest BCUT2D eigenvalue weighted by Crippen LogP contribution is -2.48. The summed E-state index contributed by atoms with van der Waals surface area (Å²) in [6, 6.07) is 8.60. The largest absolute Gasteiger partial charge is 0.504 e. The van der Waals surface area contributed by atoms with Crippen molar-refractivity contribution in [1.29, 1.82) is 0 Å². The molecule has 6 atom stereocenters. The summed E-state index contributed by atoms with van der Waals surface area (Å²) in [4.78, 5) is 57.5. The predicted molar refractivity (Wildman–Crippen MR) is 148 cm³/mol. The van der Waals surface area contributed by atoms with E-state index in [0.29, 0.717) is 18.6 Å². The van der Waals surface area contributed by atoms with E-state index in [1.807, 2.05) is 6.08 Å². The van der Waals surface area contributed by atoms with Gasteiger partial charge in [-0.05, 0) is 75.4 Å². The molecule has 6 unspecified atom stereocenters. The molecule has 2 saturated heterocycles. The van der Waals surface area contributed by atoms with Crippen molar-refractivity contribution in [1.82, 2.24) is 4.90 Å². The number of nitrogens with zero attached hydrogens (tertiary/aromatic N) is 2. The number of phenols is 1. The number of likely N-dealkylation sites (tertiary alicyclic amines) is 1. The van der Waals surface area contributed by atoms with Crippen LogP contribution in [-0.4, -0.2) is 46.8 Å². The molecule has 0 radical (unpaired) electrons. The van der Waals surface area contributed by atoms with Crippen LogP contribution in [0.4, 0.5) is 10.1 Å². The number of phenolic OH excluding ortho intramolecular Hbond substituents is 1. The van der Waals surface area contributed by atoms with Crippen molar-refractivity contribution in [2.75, 3.05) is 18.1 Å². The Kier molecular flexibility index (Phi) is 6.48. The summed E-state index contributed by atoms with van der Waals surface area (Å²) in [7, 11) is 0. The topological polar surface area (TPSA) is 104 Å². The van der Waals surface area contributed by atoms with E-state index in [0.717, 1.165) is 16.5 Å². The van der Waals surface area contributed by atoms with Crippen LogP contribution in [0.2, 0.25) is 5.02 Å². The van der Waals surface area contributed by atoms with Crippen LogP contribution in [0.3, 0.4) is 0 Å². The maximum Gasteiger partial charge on any atom is 0.241 e. The molecule has 1 N–H and O–H groups in total. The van der Waals surface area contributed by atoms with Gasteiger partial charge in [0.2, 0.25) is 23.6 Å². The van der Waals surface area contributed by atoms with E-state index in [-0.39, 0.29) is 47.0 Å². The van der Waals surface area contributed by atoms with E-state index in [1.165, 1.54) is 23.1 Å². The number of carbonyl (C=O) groups is 4. The normalized spacial score (nSPS) is 30.8. The fraction of sp³-hybridized carbons (Fsp3) is 0.419. The maximum atomic E-state index is 14.4. The number of halogens is 2. The Morgan fingerprint density at radius 3 is 2.49 bits per heavy atom. The van der Waals surface area contributed by atoms with Gasteiger partial charge in [0.15, 0.2) is 11.5 Å². The molecular formula is C31H30ClFN2O6. The standard InChI is InChI=1S/C31H30ClFN2O6/c1-4-34-27(37)18-9-8-17-19(25(18)29(34)39)14-20-28(38)35(16-7-10-22(33)21(32)13-16)30(40)31(20,3)26(17)15-6-11-23(36)24(12-15)41-5-2/h6-8,10-13,18-20,25-26,36H,4-5,9,14H2,1-3H3. The van der Waals surface area contributed by atoms with Gasteiger partial charge in [-0.25, -0.2) is 9.29 Å². The highest BCUT2D eigenvalue weighted by Crippen LogP contribution is 2.64. The molecule has 2 aliphatic carbocycles. The van der Waals surface area contributed by atoms with Crippen molar-refractivity contribution in [3.8, 4) is 11.5 Å². The Hall–Kier alpha value is -3.72. The number of benzene rings is 2.